The normalized spacial score (nSPS) is 10.0. The first-order chi connectivity index (χ1) is 2.00. The fraction of sp³-hybridized carbons (Fsp3) is 1.00. The lowest BCUT2D eigenvalue weighted by Gasteiger charge is -2.01. The molecule has 0 rings (SSSR count). The minimum absolute atomic E-state index is 0. The zero-order valence-electron chi connectivity index (χ0n) is 4.91. The van der Waals surface area contributed by atoms with E-state index in [-0.39, 0.29) is 17.0 Å². The molecule has 0 aromatic heterocycles. The Kier molecular flexibility index (Phi) is 4.60. The highest BCUT2D eigenvalue weighted by Crippen LogP contribution is 1.94. The monoisotopic (exact) mass is 168 g/mol. The molecule has 0 heterocycles. The van der Waals surface area contributed by atoms with E-state index in [1.54, 1.807) is 0 Å². The standard InChI is InChI=1S/C4H12Si.BrH/c1-5(2,3)4;/h1-4H3;1H. The van der Waals surface area contributed by atoms with E-state index in [0.717, 1.165) is 0 Å². The zero-order chi connectivity index (χ0) is 4.50. The summed E-state index contributed by atoms with van der Waals surface area (Å²) in [7, 11) is -0.611. The van der Waals surface area contributed by atoms with Crippen LogP contribution in [-0.4, -0.2) is 8.07 Å². The average molecular weight is 169 g/mol. The second-order valence-corrected chi connectivity index (χ2v) is 9.00. The molecule has 0 spiro atoms. The first kappa shape index (κ1) is 9.85. The molecule has 2 heteroatoms. The first-order valence-corrected chi connectivity index (χ1v) is 6.00. The third-order valence-electron chi connectivity index (χ3n) is 0. The number of hydrogen-bond acceptors (Lipinski definition) is 0. The third-order valence-corrected chi connectivity index (χ3v) is 0. The zero-order valence-corrected chi connectivity index (χ0v) is 7.62. The van der Waals surface area contributed by atoms with Crippen molar-refractivity contribution in [3.63, 3.8) is 0 Å². The molecule has 0 atom stereocenters. The fourth-order valence-corrected chi connectivity index (χ4v) is 0. The van der Waals surface area contributed by atoms with Gasteiger partial charge in [-0.15, -0.1) is 17.0 Å². The van der Waals surface area contributed by atoms with Gasteiger partial charge in [-0.2, -0.15) is 0 Å². The molecule has 0 aliphatic rings. The van der Waals surface area contributed by atoms with Crippen molar-refractivity contribution >= 4 is 25.1 Å². The molecule has 0 amide bonds. The van der Waals surface area contributed by atoms with Gasteiger partial charge in [-0.3, -0.25) is 0 Å². The topological polar surface area (TPSA) is 0 Å². The largest absolute Gasteiger partial charge is 0.114 e. The van der Waals surface area contributed by atoms with Gasteiger partial charge in [0.15, 0.2) is 0 Å². The minimum atomic E-state index is -0.611. The van der Waals surface area contributed by atoms with Crippen LogP contribution in [0.15, 0.2) is 0 Å². The van der Waals surface area contributed by atoms with Crippen LogP contribution in [0, 0.1) is 0 Å². The Hall–Kier alpha value is 0.697. The molecular formula is C4H13BrSi. The summed E-state index contributed by atoms with van der Waals surface area (Å²) >= 11 is 0. The van der Waals surface area contributed by atoms with E-state index in [0.29, 0.717) is 0 Å². The van der Waals surface area contributed by atoms with Crippen molar-refractivity contribution < 1.29 is 0 Å². The van der Waals surface area contributed by atoms with E-state index >= 15 is 0 Å². The Bertz CT molecular complexity index is 23.0. The third kappa shape index (κ3) is 132. The molecule has 0 saturated carbocycles. The van der Waals surface area contributed by atoms with Gasteiger partial charge in [0, 0.05) is 8.07 Å². The second-order valence-electron chi connectivity index (χ2n) is 3.00. The van der Waals surface area contributed by atoms with Crippen LogP contribution >= 0.6 is 17.0 Å². The van der Waals surface area contributed by atoms with Gasteiger partial charge >= 0.3 is 0 Å². The lowest BCUT2D eigenvalue weighted by atomic mass is 11.8. The molecule has 0 aromatic carbocycles. The summed E-state index contributed by atoms with van der Waals surface area (Å²) in [6.07, 6.45) is 0. The van der Waals surface area contributed by atoms with E-state index in [2.05, 4.69) is 26.2 Å². The molecule has 0 fully saturated rings. The summed E-state index contributed by atoms with van der Waals surface area (Å²) < 4.78 is 0. The van der Waals surface area contributed by atoms with Gasteiger partial charge in [0.05, 0.1) is 0 Å². The van der Waals surface area contributed by atoms with Gasteiger partial charge in [-0.1, -0.05) is 26.2 Å². The lowest BCUT2D eigenvalue weighted by Crippen LogP contribution is -2.10. The Morgan fingerprint density at radius 1 is 0.833 bits per heavy atom. The summed E-state index contributed by atoms with van der Waals surface area (Å²) in [5.74, 6) is 0. The Balaban J connectivity index is 0. The fourth-order valence-electron chi connectivity index (χ4n) is 0. The van der Waals surface area contributed by atoms with Gasteiger partial charge in [-0.25, -0.2) is 0 Å². The van der Waals surface area contributed by atoms with Crippen LogP contribution in [0.3, 0.4) is 0 Å². The second kappa shape index (κ2) is 2.80. The maximum absolute atomic E-state index is 2.33. The molecule has 0 radical (unpaired) electrons. The quantitative estimate of drug-likeness (QED) is 0.489. The summed E-state index contributed by atoms with van der Waals surface area (Å²) in [5, 5.41) is 0. The summed E-state index contributed by atoms with van der Waals surface area (Å²) in [4.78, 5) is 0. The highest BCUT2D eigenvalue weighted by Gasteiger charge is 1.99. The van der Waals surface area contributed by atoms with Crippen LogP contribution in [0.25, 0.3) is 0 Å². The molecule has 0 bridgehead atoms. The van der Waals surface area contributed by atoms with E-state index in [1.807, 2.05) is 0 Å². The van der Waals surface area contributed by atoms with Crippen molar-refractivity contribution in [3.8, 4) is 0 Å². The van der Waals surface area contributed by atoms with Gasteiger partial charge < -0.3 is 0 Å². The minimum Gasteiger partial charge on any atom is -0.114 e. The molecule has 6 heavy (non-hydrogen) atoms. The van der Waals surface area contributed by atoms with E-state index in [9.17, 15) is 0 Å². The molecule has 0 unspecified atom stereocenters. The molecule has 0 aliphatic heterocycles. The summed E-state index contributed by atoms with van der Waals surface area (Å²) in [6, 6.07) is 0. The van der Waals surface area contributed by atoms with Crippen molar-refractivity contribution in [2.45, 2.75) is 26.2 Å². The van der Waals surface area contributed by atoms with Crippen molar-refractivity contribution in [3.05, 3.63) is 0 Å². The van der Waals surface area contributed by atoms with Crippen molar-refractivity contribution in [1.29, 1.82) is 0 Å². The SMILES string of the molecule is Br.C[Si](C)(C)C. The highest BCUT2D eigenvalue weighted by atomic mass is 79.9. The van der Waals surface area contributed by atoms with E-state index in [4.69, 9.17) is 0 Å². The van der Waals surface area contributed by atoms with Crippen molar-refractivity contribution in [2.75, 3.05) is 0 Å². The molecule has 0 aromatic rings. The number of hydrogen-bond donors (Lipinski definition) is 0. The predicted octanol–water partition coefficient (Wildman–Crippen LogP) is 2.53. The number of rotatable bonds is 0. The maximum atomic E-state index is 2.33. The van der Waals surface area contributed by atoms with Gasteiger partial charge in [0.25, 0.3) is 0 Å². The molecule has 0 N–H and O–H groups in total. The first-order valence-electron chi connectivity index (χ1n) is 2.00. The number of halogens is 1. The molecule has 0 aliphatic carbocycles. The Labute approximate surface area is 51.7 Å². The Morgan fingerprint density at radius 2 is 0.833 bits per heavy atom. The summed E-state index contributed by atoms with van der Waals surface area (Å²) in [5.41, 5.74) is 0. The molecular weight excluding hydrogens is 156 g/mol. The van der Waals surface area contributed by atoms with Crippen LogP contribution in [0.4, 0.5) is 0 Å². The smallest absolute Gasteiger partial charge is 0.0411 e. The molecule has 0 nitrogen and oxygen atoms in total. The molecule has 40 valence electrons. The Morgan fingerprint density at radius 3 is 0.833 bits per heavy atom. The van der Waals surface area contributed by atoms with Crippen LogP contribution < -0.4 is 0 Å². The van der Waals surface area contributed by atoms with Crippen LogP contribution in [0.1, 0.15) is 0 Å². The van der Waals surface area contributed by atoms with Crippen LogP contribution in [-0.2, 0) is 0 Å². The van der Waals surface area contributed by atoms with Crippen LogP contribution in [0.2, 0.25) is 26.2 Å². The van der Waals surface area contributed by atoms with E-state index < -0.39 is 8.07 Å². The average Bonchev–Trinajstić information content (AvgIpc) is 0.722. The lowest BCUT2D eigenvalue weighted by molar-refractivity contribution is 1.71. The highest BCUT2D eigenvalue weighted by molar-refractivity contribution is 8.93. The van der Waals surface area contributed by atoms with Crippen LogP contribution in [0.5, 0.6) is 0 Å². The van der Waals surface area contributed by atoms with Crippen molar-refractivity contribution in [2.24, 2.45) is 0 Å². The maximum Gasteiger partial charge on any atom is 0.0411 e. The van der Waals surface area contributed by atoms with Crippen molar-refractivity contribution in [1.82, 2.24) is 0 Å². The van der Waals surface area contributed by atoms with Gasteiger partial charge in [0.2, 0.25) is 0 Å². The van der Waals surface area contributed by atoms with Gasteiger partial charge in [-0.05, 0) is 0 Å². The predicted molar refractivity (Wildman–Crippen MR) is 39.5 cm³/mol. The van der Waals surface area contributed by atoms with E-state index in [1.165, 1.54) is 0 Å². The van der Waals surface area contributed by atoms with Gasteiger partial charge in [0.1, 0.15) is 0 Å². The summed E-state index contributed by atoms with van der Waals surface area (Å²) in [6.45, 7) is 9.31. The molecule has 0 saturated heterocycles.